The molecule has 2 atom stereocenters. The Balaban J connectivity index is 2.10. The Kier molecular flexibility index (Phi) is 11.9. The molecule has 12 heteroatoms. The summed E-state index contributed by atoms with van der Waals surface area (Å²) in [6.45, 7) is 3.16. The van der Waals surface area contributed by atoms with Crippen LogP contribution in [0.1, 0.15) is 31.4 Å². The first kappa shape index (κ1) is 33.5. The van der Waals surface area contributed by atoms with Crippen molar-refractivity contribution in [2.45, 2.75) is 45.3 Å². The predicted molar refractivity (Wildman–Crippen MR) is 169 cm³/mol. The van der Waals surface area contributed by atoms with Crippen molar-refractivity contribution >= 4 is 62.3 Å². The molecule has 0 fully saturated rings. The number of carbonyl (C=O) groups is 2. The van der Waals surface area contributed by atoms with Crippen molar-refractivity contribution in [1.82, 2.24) is 10.2 Å². The van der Waals surface area contributed by atoms with Crippen LogP contribution in [0.3, 0.4) is 0 Å². The van der Waals surface area contributed by atoms with E-state index in [-0.39, 0.29) is 35.6 Å². The van der Waals surface area contributed by atoms with E-state index in [2.05, 4.69) is 5.32 Å². The summed E-state index contributed by atoms with van der Waals surface area (Å²) in [6.07, 6.45) is 1.87. The summed E-state index contributed by atoms with van der Waals surface area (Å²) in [6, 6.07) is 17.4. The quantitative estimate of drug-likeness (QED) is 0.245. The molecule has 0 radical (unpaired) electrons. The summed E-state index contributed by atoms with van der Waals surface area (Å²) in [7, 11) is -2.51. The van der Waals surface area contributed by atoms with Crippen molar-refractivity contribution in [3.05, 3.63) is 92.9 Å². The molecule has 8 nitrogen and oxygen atoms in total. The average molecular weight is 655 g/mol. The van der Waals surface area contributed by atoms with Gasteiger partial charge in [-0.1, -0.05) is 78.1 Å². The van der Waals surface area contributed by atoms with E-state index in [0.717, 1.165) is 16.1 Å². The fraction of sp³-hybridized carbons (Fsp3) is 0.333. The summed E-state index contributed by atoms with van der Waals surface area (Å²) < 4.78 is 32.0. The summed E-state index contributed by atoms with van der Waals surface area (Å²) >= 11 is 18.9. The number of nitrogens with one attached hydrogen (secondary N) is 1. The minimum atomic E-state index is -3.95. The molecule has 0 aromatic heterocycles. The smallest absolute Gasteiger partial charge is 0.244 e. The van der Waals surface area contributed by atoms with Crippen LogP contribution in [0.15, 0.2) is 66.7 Å². The van der Waals surface area contributed by atoms with Gasteiger partial charge < -0.3 is 15.0 Å². The van der Waals surface area contributed by atoms with E-state index in [1.165, 1.54) is 30.2 Å². The number of rotatable bonds is 13. The fourth-order valence-electron chi connectivity index (χ4n) is 4.25. The SMILES string of the molecule is CCC(C)NC(=O)C(Cc1ccccc1)N(Cc1ccc(Cl)cc1Cl)C(=O)CN(c1ccc(OC)c(Cl)c1)S(C)(=O)=O. The van der Waals surface area contributed by atoms with Crippen LogP contribution in [0.4, 0.5) is 5.69 Å². The molecule has 0 saturated carbocycles. The molecule has 0 aliphatic rings. The Morgan fingerprint density at radius 1 is 0.976 bits per heavy atom. The number of halogens is 3. The highest BCUT2D eigenvalue weighted by Crippen LogP contribution is 2.31. The van der Waals surface area contributed by atoms with Crippen molar-refractivity contribution in [1.29, 1.82) is 0 Å². The first-order valence-corrected chi connectivity index (χ1v) is 16.2. The standard InChI is InChI=1S/C30H34Cl3N3O5S/c1-5-20(2)34-30(38)27(15-21-9-7-6-8-10-21)35(18-22-11-12-23(31)16-25(22)32)29(37)19-36(42(4,39)40)24-13-14-28(41-3)26(33)17-24/h6-14,16-17,20,27H,5,15,18-19H2,1-4H3,(H,34,38). The number of methoxy groups -OCH3 is 1. The van der Waals surface area contributed by atoms with Crippen molar-refractivity contribution < 1.29 is 22.7 Å². The van der Waals surface area contributed by atoms with Crippen molar-refractivity contribution in [3.63, 3.8) is 0 Å². The maximum Gasteiger partial charge on any atom is 0.244 e. The normalized spacial score (nSPS) is 12.7. The van der Waals surface area contributed by atoms with Crippen molar-refractivity contribution in [2.24, 2.45) is 0 Å². The number of sulfonamides is 1. The maximum atomic E-state index is 14.2. The Labute approximate surface area is 262 Å². The number of anilines is 1. The van der Waals surface area contributed by atoms with Gasteiger partial charge in [-0.25, -0.2) is 8.42 Å². The summed E-state index contributed by atoms with van der Waals surface area (Å²) in [4.78, 5) is 29.3. The van der Waals surface area contributed by atoms with E-state index < -0.39 is 28.5 Å². The van der Waals surface area contributed by atoms with Crippen LogP contribution >= 0.6 is 34.8 Å². The Bertz CT molecular complexity index is 1510. The van der Waals surface area contributed by atoms with Gasteiger partial charge in [0, 0.05) is 29.1 Å². The third kappa shape index (κ3) is 9.01. The predicted octanol–water partition coefficient (Wildman–Crippen LogP) is 5.98. The van der Waals surface area contributed by atoms with Crippen LogP contribution < -0.4 is 14.4 Å². The van der Waals surface area contributed by atoms with Crippen molar-refractivity contribution in [3.8, 4) is 5.75 Å². The van der Waals surface area contributed by atoms with Gasteiger partial charge in [0.15, 0.2) is 0 Å². The zero-order valence-electron chi connectivity index (χ0n) is 23.8. The molecule has 1 N–H and O–H groups in total. The van der Waals surface area contributed by atoms with E-state index in [0.29, 0.717) is 27.8 Å². The lowest BCUT2D eigenvalue weighted by atomic mass is 10.0. The van der Waals surface area contributed by atoms with Gasteiger partial charge in [-0.3, -0.25) is 13.9 Å². The lowest BCUT2D eigenvalue weighted by Gasteiger charge is -2.34. The van der Waals surface area contributed by atoms with Gasteiger partial charge in [0.25, 0.3) is 0 Å². The summed E-state index contributed by atoms with van der Waals surface area (Å²) in [5.74, 6) is -0.632. The molecule has 42 heavy (non-hydrogen) atoms. The molecule has 2 amide bonds. The molecule has 0 spiro atoms. The van der Waals surface area contributed by atoms with Crippen LogP contribution in [0, 0.1) is 0 Å². The minimum Gasteiger partial charge on any atom is -0.495 e. The van der Waals surface area contributed by atoms with Gasteiger partial charge in [0.2, 0.25) is 21.8 Å². The van der Waals surface area contributed by atoms with E-state index in [1.807, 2.05) is 44.2 Å². The van der Waals surface area contributed by atoms with E-state index in [4.69, 9.17) is 39.5 Å². The van der Waals surface area contributed by atoms with E-state index >= 15 is 0 Å². The Morgan fingerprint density at radius 3 is 2.24 bits per heavy atom. The highest BCUT2D eigenvalue weighted by atomic mass is 35.5. The highest BCUT2D eigenvalue weighted by Gasteiger charge is 2.34. The number of carbonyl (C=O) groups excluding carboxylic acids is 2. The maximum absolute atomic E-state index is 14.2. The molecule has 3 aromatic carbocycles. The zero-order chi connectivity index (χ0) is 31.0. The largest absolute Gasteiger partial charge is 0.495 e. The number of ether oxygens (including phenoxy) is 1. The lowest BCUT2D eigenvalue weighted by molar-refractivity contribution is -0.140. The molecule has 3 aromatic rings. The first-order valence-electron chi connectivity index (χ1n) is 13.2. The minimum absolute atomic E-state index is 0.0682. The van der Waals surface area contributed by atoms with Gasteiger partial charge >= 0.3 is 0 Å². The molecule has 0 saturated heterocycles. The zero-order valence-corrected chi connectivity index (χ0v) is 26.9. The lowest BCUT2D eigenvalue weighted by Crippen LogP contribution is -2.54. The number of hydrogen-bond donors (Lipinski definition) is 1. The second-order valence-electron chi connectivity index (χ2n) is 9.87. The molecule has 0 aliphatic heterocycles. The number of benzene rings is 3. The van der Waals surface area contributed by atoms with Gasteiger partial charge in [-0.05, 0) is 54.8 Å². The second kappa shape index (κ2) is 15.0. The molecular weight excluding hydrogens is 621 g/mol. The van der Waals surface area contributed by atoms with E-state index in [1.54, 1.807) is 18.2 Å². The van der Waals surface area contributed by atoms with E-state index in [9.17, 15) is 18.0 Å². The third-order valence-electron chi connectivity index (χ3n) is 6.73. The second-order valence-corrected chi connectivity index (χ2v) is 13.0. The van der Waals surface area contributed by atoms with Gasteiger partial charge in [-0.2, -0.15) is 0 Å². The van der Waals surface area contributed by atoms with Gasteiger partial charge in [0.1, 0.15) is 18.3 Å². The summed E-state index contributed by atoms with van der Waals surface area (Å²) in [5.41, 5.74) is 1.54. The molecule has 0 aliphatic carbocycles. The van der Waals surface area contributed by atoms with Gasteiger partial charge in [0.05, 0.1) is 24.1 Å². The average Bonchev–Trinajstić information content (AvgIpc) is 2.94. The van der Waals surface area contributed by atoms with Crippen molar-refractivity contribution in [2.75, 3.05) is 24.2 Å². The highest BCUT2D eigenvalue weighted by molar-refractivity contribution is 7.92. The first-order chi connectivity index (χ1) is 19.8. The van der Waals surface area contributed by atoms with Crippen LogP contribution in [0.2, 0.25) is 15.1 Å². The summed E-state index contributed by atoms with van der Waals surface area (Å²) in [5, 5.41) is 3.88. The van der Waals surface area contributed by atoms with Crippen LogP contribution in [0.5, 0.6) is 5.75 Å². The molecule has 2 unspecified atom stereocenters. The number of amides is 2. The topological polar surface area (TPSA) is 96.0 Å². The van der Waals surface area contributed by atoms with Gasteiger partial charge in [-0.15, -0.1) is 0 Å². The molecule has 3 rings (SSSR count). The van der Waals surface area contributed by atoms with Crippen LogP contribution in [0.25, 0.3) is 0 Å². The molecule has 0 bridgehead atoms. The molecule has 226 valence electrons. The Morgan fingerprint density at radius 2 is 1.67 bits per heavy atom. The number of nitrogens with zero attached hydrogens (tertiary/aromatic N) is 2. The third-order valence-corrected chi connectivity index (χ3v) is 8.75. The van der Waals surface area contributed by atoms with Crippen LogP contribution in [-0.2, 0) is 32.6 Å². The monoisotopic (exact) mass is 653 g/mol. The Hall–Kier alpha value is -2.98. The number of hydrogen-bond acceptors (Lipinski definition) is 5. The van der Waals surface area contributed by atoms with Crippen LogP contribution in [-0.4, -0.2) is 57.1 Å². The molecule has 0 heterocycles. The molecular formula is C30H34Cl3N3O5S. The fourth-order valence-corrected chi connectivity index (χ4v) is 5.81.